The van der Waals surface area contributed by atoms with Gasteiger partial charge in [-0.3, -0.25) is 0 Å². The summed E-state index contributed by atoms with van der Waals surface area (Å²) in [6.45, 7) is 2.31. The average molecular weight is 410 g/mol. The number of ether oxygens (including phenoxy) is 1. The highest BCUT2D eigenvalue weighted by Gasteiger charge is 2.32. The van der Waals surface area contributed by atoms with Gasteiger partial charge in [0.2, 0.25) is 0 Å². The van der Waals surface area contributed by atoms with E-state index in [4.69, 9.17) is 0 Å². The van der Waals surface area contributed by atoms with E-state index in [1.807, 2.05) is 18.5 Å². The van der Waals surface area contributed by atoms with Gasteiger partial charge in [0.1, 0.15) is 11.6 Å². The van der Waals surface area contributed by atoms with Crippen molar-refractivity contribution in [3.05, 3.63) is 41.5 Å². The normalized spacial score (nSPS) is 15.6. The quantitative estimate of drug-likeness (QED) is 0.565. The predicted molar refractivity (Wildman–Crippen MR) is 102 cm³/mol. The molecular formula is C19H25F3N6O. The zero-order chi connectivity index (χ0) is 20.9. The zero-order valence-electron chi connectivity index (χ0n) is 16.5. The second-order valence-corrected chi connectivity index (χ2v) is 7.02. The standard InChI is InChI=1S/C19H25F3N6O/c1-13-26-27-17(28(13)2)12-24-18(25-15-8-4-5-9-15)23-11-14-7-3-6-10-16(14)29-19(20,21)22/h3,6-7,10,15H,4-5,8-9,11-12H2,1-2H3,(H2,23,24,25). The number of nitrogens with zero attached hydrogens (tertiary/aromatic N) is 4. The van der Waals surface area contributed by atoms with Crippen LogP contribution in [0.1, 0.15) is 42.9 Å². The molecule has 0 unspecified atom stereocenters. The fourth-order valence-corrected chi connectivity index (χ4v) is 3.21. The molecular weight excluding hydrogens is 385 g/mol. The van der Waals surface area contributed by atoms with E-state index in [-0.39, 0.29) is 12.3 Å². The van der Waals surface area contributed by atoms with Gasteiger partial charge in [0.15, 0.2) is 11.8 Å². The number of halogens is 3. The van der Waals surface area contributed by atoms with Crippen LogP contribution in [0.4, 0.5) is 13.2 Å². The SMILES string of the molecule is Cc1nnc(CNC(=NCc2ccccc2OC(F)(F)F)NC2CCCC2)n1C. The molecule has 0 spiro atoms. The van der Waals surface area contributed by atoms with Crippen molar-refractivity contribution < 1.29 is 17.9 Å². The molecule has 0 amide bonds. The van der Waals surface area contributed by atoms with E-state index in [1.165, 1.54) is 12.1 Å². The molecule has 0 bridgehead atoms. The first-order valence-corrected chi connectivity index (χ1v) is 9.55. The van der Waals surface area contributed by atoms with Crippen LogP contribution in [0, 0.1) is 6.92 Å². The average Bonchev–Trinajstić information content (AvgIpc) is 3.28. The third-order valence-electron chi connectivity index (χ3n) is 4.90. The van der Waals surface area contributed by atoms with Gasteiger partial charge in [-0.25, -0.2) is 4.99 Å². The molecule has 0 saturated heterocycles. The molecule has 1 heterocycles. The Morgan fingerprint density at radius 2 is 1.97 bits per heavy atom. The van der Waals surface area contributed by atoms with Crippen molar-refractivity contribution in [1.82, 2.24) is 25.4 Å². The van der Waals surface area contributed by atoms with Crippen LogP contribution in [0.25, 0.3) is 0 Å². The van der Waals surface area contributed by atoms with Crippen LogP contribution in [-0.2, 0) is 20.1 Å². The lowest BCUT2D eigenvalue weighted by Crippen LogP contribution is -2.42. The number of guanidine groups is 1. The van der Waals surface area contributed by atoms with E-state index < -0.39 is 6.36 Å². The Labute approximate surface area is 167 Å². The molecule has 1 aromatic heterocycles. The molecule has 0 radical (unpaired) electrons. The minimum Gasteiger partial charge on any atom is -0.405 e. The lowest BCUT2D eigenvalue weighted by Gasteiger charge is -2.18. The summed E-state index contributed by atoms with van der Waals surface area (Å²) in [5, 5.41) is 14.7. The van der Waals surface area contributed by atoms with Gasteiger partial charge in [-0.05, 0) is 25.8 Å². The van der Waals surface area contributed by atoms with Crippen molar-refractivity contribution in [2.75, 3.05) is 0 Å². The number of aryl methyl sites for hydroxylation is 1. The number of aliphatic imine (C=N–C) groups is 1. The maximum Gasteiger partial charge on any atom is 0.573 e. The fourth-order valence-electron chi connectivity index (χ4n) is 3.21. The molecule has 1 aliphatic carbocycles. The highest BCUT2D eigenvalue weighted by atomic mass is 19.4. The minimum absolute atomic E-state index is 0.0478. The smallest absolute Gasteiger partial charge is 0.405 e. The number of benzene rings is 1. The summed E-state index contributed by atoms with van der Waals surface area (Å²) in [5.41, 5.74) is 0.354. The number of alkyl halides is 3. The van der Waals surface area contributed by atoms with E-state index >= 15 is 0 Å². The molecule has 1 aliphatic rings. The molecule has 29 heavy (non-hydrogen) atoms. The topological polar surface area (TPSA) is 76.4 Å². The van der Waals surface area contributed by atoms with Gasteiger partial charge in [0.05, 0.1) is 13.1 Å². The molecule has 158 valence electrons. The molecule has 1 fully saturated rings. The van der Waals surface area contributed by atoms with Crippen molar-refractivity contribution in [3.8, 4) is 5.75 Å². The van der Waals surface area contributed by atoms with Gasteiger partial charge in [0.25, 0.3) is 0 Å². The van der Waals surface area contributed by atoms with Crippen molar-refractivity contribution in [1.29, 1.82) is 0 Å². The Morgan fingerprint density at radius 3 is 2.62 bits per heavy atom. The van der Waals surface area contributed by atoms with Crippen LogP contribution >= 0.6 is 0 Å². The van der Waals surface area contributed by atoms with Crippen molar-refractivity contribution in [2.45, 2.75) is 58.1 Å². The van der Waals surface area contributed by atoms with Gasteiger partial charge < -0.3 is 19.9 Å². The summed E-state index contributed by atoms with van der Waals surface area (Å²) in [6, 6.07) is 6.32. The Hall–Kier alpha value is -2.78. The summed E-state index contributed by atoms with van der Waals surface area (Å²) in [6.07, 6.45) is -0.369. The molecule has 7 nitrogen and oxygen atoms in total. The van der Waals surface area contributed by atoms with Crippen LogP contribution in [0.15, 0.2) is 29.3 Å². The number of rotatable bonds is 6. The van der Waals surface area contributed by atoms with E-state index in [0.29, 0.717) is 24.1 Å². The monoisotopic (exact) mass is 410 g/mol. The largest absolute Gasteiger partial charge is 0.573 e. The molecule has 2 N–H and O–H groups in total. The van der Waals surface area contributed by atoms with Crippen LogP contribution < -0.4 is 15.4 Å². The summed E-state index contributed by atoms with van der Waals surface area (Å²) in [5.74, 6) is 1.82. The maximum absolute atomic E-state index is 12.6. The summed E-state index contributed by atoms with van der Waals surface area (Å²) in [7, 11) is 1.87. The lowest BCUT2D eigenvalue weighted by molar-refractivity contribution is -0.274. The Kier molecular flexibility index (Phi) is 6.60. The van der Waals surface area contributed by atoms with Gasteiger partial charge in [-0.1, -0.05) is 31.0 Å². The maximum atomic E-state index is 12.6. The molecule has 10 heteroatoms. The Morgan fingerprint density at radius 1 is 1.24 bits per heavy atom. The molecule has 1 aromatic carbocycles. The predicted octanol–water partition coefficient (Wildman–Crippen LogP) is 3.20. The second kappa shape index (κ2) is 9.15. The number of para-hydroxylation sites is 1. The molecule has 3 rings (SSSR count). The van der Waals surface area contributed by atoms with Gasteiger partial charge in [-0.15, -0.1) is 23.4 Å². The summed E-state index contributed by atoms with van der Waals surface area (Å²) in [4.78, 5) is 4.49. The first-order chi connectivity index (χ1) is 13.8. The Bertz CT molecular complexity index is 843. The summed E-state index contributed by atoms with van der Waals surface area (Å²) >= 11 is 0. The third-order valence-corrected chi connectivity index (χ3v) is 4.90. The van der Waals surface area contributed by atoms with Crippen LogP contribution in [0.5, 0.6) is 5.75 Å². The zero-order valence-corrected chi connectivity index (χ0v) is 16.5. The highest BCUT2D eigenvalue weighted by molar-refractivity contribution is 5.80. The summed E-state index contributed by atoms with van der Waals surface area (Å²) < 4.78 is 43.9. The van der Waals surface area contributed by atoms with Crippen LogP contribution in [-0.4, -0.2) is 33.1 Å². The molecule has 0 aliphatic heterocycles. The lowest BCUT2D eigenvalue weighted by atomic mass is 10.2. The van der Waals surface area contributed by atoms with Crippen LogP contribution in [0.2, 0.25) is 0 Å². The van der Waals surface area contributed by atoms with Crippen molar-refractivity contribution in [2.24, 2.45) is 12.0 Å². The molecule has 0 atom stereocenters. The number of hydrogen-bond donors (Lipinski definition) is 2. The van der Waals surface area contributed by atoms with Crippen LogP contribution in [0.3, 0.4) is 0 Å². The van der Waals surface area contributed by atoms with E-state index in [0.717, 1.165) is 37.3 Å². The van der Waals surface area contributed by atoms with Crippen molar-refractivity contribution >= 4 is 5.96 Å². The van der Waals surface area contributed by atoms with E-state index in [2.05, 4.69) is 30.6 Å². The Balaban J connectivity index is 1.73. The first kappa shape index (κ1) is 20.9. The van der Waals surface area contributed by atoms with Crippen molar-refractivity contribution in [3.63, 3.8) is 0 Å². The first-order valence-electron chi connectivity index (χ1n) is 9.55. The van der Waals surface area contributed by atoms with E-state index in [1.54, 1.807) is 12.1 Å². The van der Waals surface area contributed by atoms with Gasteiger partial charge in [0, 0.05) is 18.7 Å². The fraction of sp³-hybridized carbons (Fsp3) is 0.526. The minimum atomic E-state index is -4.74. The number of aromatic nitrogens is 3. The van der Waals surface area contributed by atoms with Gasteiger partial charge in [-0.2, -0.15) is 0 Å². The van der Waals surface area contributed by atoms with E-state index in [9.17, 15) is 13.2 Å². The molecule has 1 saturated carbocycles. The highest BCUT2D eigenvalue weighted by Crippen LogP contribution is 2.26. The number of nitrogens with one attached hydrogen (secondary N) is 2. The number of hydrogen-bond acceptors (Lipinski definition) is 4. The third kappa shape index (κ3) is 6.10. The van der Waals surface area contributed by atoms with Gasteiger partial charge >= 0.3 is 6.36 Å². The molecule has 2 aromatic rings. The second-order valence-electron chi connectivity index (χ2n) is 7.02.